The van der Waals surface area contributed by atoms with Crippen molar-refractivity contribution in [3.05, 3.63) is 182 Å². The number of hydrogen-bond acceptors (Lipinski definition) is 0. The molecular weight excluding hydrogens is 750 g/mol. The Morgan fingerprint density at radius 3 is 0.679 bits per heavy atom. The zero-order chi connectivity index (χ0) is 35.9. The van der Waals surface area contributed by atoms with Crippen LogP contribution >= 0.6 is 44.4 Å². The second kappa shape index (κ2) is 21.3. The van der Waals surface area contributed by atoms with Gasteiger partial charge in [0.1, 0.15) is 0 Å². The first-order chi connectivity index (χ1) is 26.4. The van der Waals surface area contributed by atoms with Crippen LogP contribution in [-0.2, 0) is 0 Å². The Balaban J connectivity index is 1.53. The first-order valence-corrected chi connectivity index (χ1v) is 31.4. The summed E-state index contributed by atoms with van der Waals surface area (Å²) in [6.45, 7) is 0. The highest BCUT2D eigenvalue weighted by Gasteiger charge is 2.44. The van der Waals surface area contributed by atoms with E-state index in [-0.39, 0.29) is 0 Å². The molecule has 0 bridgehead atoms. The predicted molar refractivity (Wildman–Crippen MR) is 249 cm³/mol. The second-order valence-corrected chi connectivity index (χ2v) is 37.8. The van der Waals surface area contributed by atoms with E-state index in [4.69, 9.17) is 0 Å². The molecule has 0 aliphatic carbocycles. The van der Waals surface area contributed by atoms with Crippen molar-refractivity contribution in [2.24, 2.45) is 0 Å². The molecule has 1 aliphatic heterocycles. The summed E-state index contributed by atoms with van der Waals surface area (Å²) in [6.07, 6.45) is 15.0. The van der Waals surface area contributed by atoms with Crippen molar-refractivity contribution < 1.29 is 0 Å². The van der Waals surface area contributed by atoms with E-state index in [1.807, 2.05) is 0 Å². The van der Waals surface area contributed by atoms with E-state index in [1.54, 1.807) is 31.8 Å². The Bertz CT molecular complexity index is 1740. The maximum atomic E-state index is 2.53. The molecule has 6 unspecified atom stereocenters. The first kappa shape index (κ1) is 39.1. The average molecular weight is 803 g/mol. The number of rotatable bonds is 6. The second-order valence-electron chi connectivity index (χ2n) is 13.6. The van der Waals surface area contributed by atoms with Gasteiger partial charge in [0.15, 0.2) is 0 Å². The molecule has 0 nitrogen and oxygen atoms in total. The highest BCUT2D eigenvalue weighted by atomic mass is 32.8. The molecule has 0 saturated carbocycles. The standard InChI is InChI=1S/C47H52P6/c1-2-4-6-26-40-48(42-28-14-8-15-29-42)50(44-32-18-10-19-33-44)52(46-36-22-12-23-37-46)53(47-38-24-13-25-39-47)51(45-34-20-11-21-35-45)49(41-27-7-5-3-1)43-30-16-9-17-31-43/h8-25,28-39H,1-7,26-27,40-41H2. The van der Waals surface area contributed by atoms with Crippen LogP contribution in [0.15, 0.2) is 182 Å². The van der Waals surface area contributed by atoms with Gasteiger partial charge in [-0.3, -0.25) is 0 Å². The van der Waals surface area contributed by atoms with Gasteiger partial charge in [-0.2, -0.15) is 0 Å². The summed E-state index contributed by atoms with van der Waals surface area (Å²) >= 11 is 0. The van der Waals surface area contributed by atoms with Crippen LogP contribution in [0.1, 0.15) is 57.8 Å². The Kier molecular flexibility index (Phi) is 15.7. The Labute approximate surface area is 326 Å². The van der Waals surface area contributed by atoms with E-state index in [9.17, 15) is 0 Å². The summed E-state index contributed by atoms with van der Waals surface area (Å²) < 4.78 is 0. The lowest BCUT2D eigenvalue weighted by Crippen LogP contribution is -2.15. The average Bonchev–Trinajstić information content (AvgIpc) is 3.24. The fourth-order valence-electron chi connectivity index (χ4n) is 7.17. The molecule has 7 rings (SSSR count). The molecule has 0 amide bonds. The minimum Gasteiger partial charge on any atom is -0.0622 e. The van der Waals surface area contributed by atoms with Gasteiger partial charge in [-0.1, -0.05) is 227 Å². The molecule has 1 saturated heterocycles. The van der Waals surface area contributed by atoms with Gasteiger partial charge in [0.05, 0.1) is 0 Å². The largest absolute Gasteiger partial charge is 0.0622 e. The lowest BCUT2D eigenvalue weighted by Gasteiger charge is -2.45. The van der Waals surface area contributed by atoms with E-state index < -0.39 is 44.4 Å². The normalized spacial score (nSPS) is 23.8. The Hall–Kier alpha value is -2.10. The quantitative estimate of drug-likeness (QED) is 0.147. The fraction of sp³-hybridized carbons (Fsp3) is 0.234. The summed E-state index contributed by atoms with van der Waals surface area (Å²) in [6, 6.07) is 71.5. The molecule has 1 fully saturated rings. The first-order valence-electron chi connectivity index (χ1n) is 19.4. The molecule has 6 aromatic carbocycles. The lowest BCUT2D eigenvalue weighted by atomic mass is 10.1. The van der Waals surface area contributed by atoms with E-state index in [1.165, 1.54) is 70.1 Å². The fourth-order valence-corrected chi connectivity index (χ4v) is 62.9. The van der Waals surface area contributed by atoms with Crippen LogP contribution in [0, 0.1) is 0 Å². The SMILES string of the molecule is c1ccc(P2CCCCCCCCCCCP(c3ccccc3)P(c3ccccc3)P(c3ccccc3)P(c3ccccc3)P2c2ccccc2)cc1. The van der Waals surface area contributed by atoms with Gasteiger partial charge in [-0.05, 0) is 101 Å². The Morgan fingerprint density at radius 2 is 0.415 bits per heavy atom. The minimum atomic E-state index is -0.611. The zero-order valence-corrected chi connectivity index (χ0v) is 36.1. The van der Waals surface area contributed by atoms with Crippen LogP contribution in [0.25, 0.3) is 0 Å². The van der Waals surface area contributed by atoms with Gasteiger partial charge in [0.25, 0.3) is 0 Å². The molecular formula is C47H52P6. The molecule has 0 aromatic heterocycles. The maximum Gasteiger partial charge on any atom is -0.00600 e. The molecule has 6 aromatic rings. The van der Waals surface area contributed by atoms with E-state index >= 15 is 0 Å². The maximum absolute atomic E-state index is 2.53. The molecule has 6 atom stereocenters. The van der Waals surface area contributed by atoms with Gasteiger partial charge in [-0.25, -0.2) is 0 Å². The summed E-state index contributed by atoms with van der Waals surface area (Å²) in [4.78, 5) is 0. The summed E-state index contributed by atoms with van der Waals surface area (Å²) in [7, 11) is -3.21. The predicted octanol–water partition coefficient (Wildman–Crippen LogP) is 13.9. The zero-order valence-electron chi connectivity index (χ0n) is 30.8. The molecule has 1 aliphatic rings. The van der Waals surface area contributed by atoms with Crippen molar-refractivity contribution in [1.29, 1.82) is 0 Å². The number of benzene rings is 6. The third-order valence-corrected chi connectivity index (χ3v) is 49.6. The van der Waals surface area contributed by atoms with Crippen molar-refractivity contribution in [2.75, 3.05) is 12.3 Å². The smallest absolute Gasteiger partial charge is 0.00600 e. The molecule has 0 N–H and O–H groups in total. The van der Waals surface area contributed by atoms with Crippen LogP contribution in [-0.4, -0.2) is 12.3 Å². The highest BCUT2D eigenvalue weighted by molar-refractivity contribution is 8.96. The monoisotopic (exact) mass is 802 g/mol. The van der Waals surface area contributed by atoms with Crippen LogP contribution in [0.5, 0.6) is 0 Å². The van der Waals surface area contributed by atoms with Crippen molar-refractivity contribution in [3.8, 4) is 0 Å². The molecule has 0 radical (unpaired) electrons. The molecule has 6 heteroatoms. The van der Waals surface area contributed by atoms with Gasteiger partial charge in [0, 0.05) is 0 Å². The van der Waals surface area contributed by atoms with Gasteiger partial charge >= 0.3 is 0 Å². The lowest BCUT2D eigenvalue weighted by molar-refractivity contribution is 0.574. The highest BCUT2D eigenvalue weighted by Crippen LogP contribution is 3.05. The third-order valence-electron chi connectivity index (χ3n) is 9.79. The van der Waals surface area contributed by atoms with Crippen molar-refractivity contribution in [2.45, 2.75) is 57.8 Å². The van der Waals surface area contributed by atoms with E-state index in [2.05, 4.69) is 182 Å². The van der Waals surface area contributed by atoms with Crippen molar-refractivity contribution >= 4 is 76.2 Å². The molecule has 1 heterocycles. The van der Waals surface area contributed by atoms with Gasteiger partial charge < -0.3 is 0 Å². The Morgan fingerprint density at radius 1 is 0.208 bits per heavy atom. The van der Waals surface area contributed by atoms with Gasteiger partial charge in [0.2, 0.25) is 0 Å². The third kappa shape index (κ3) is 10.6. The summed E-state index contributed by atoms with van der Waals surface area (Å²) in [5, 5.41) is 9.66. The van der Waals surface area contributed by atoms with Gasteiger partial charge in [-0.15, -0.1) is 0 Å². The minimum absolute atomic E-state index is 0.441. The number of hydrogen-bond donors (Lipinski definition) is 0. The van der Waals surface area contributed by atoms with E-state index in [0.717, 1.165) is 0 Å². The molecule has 53 heavy (non-hydrogen) atoms. The van der Waals surface area contributed by atoms with Crippen molar-refractivity contribution in [3.63, 3.8) is 0 Å². The molecule has 270 valence electrons. The van der Waals surface area contributed by atoms with Crippen LogP contribution in [0.4, 0.5) is 0 Å². The summed E-state index contributed by atoms with van der Waals surface area (Å²) in [5.74, 6) is 0. The van der Waals surface area contributed by atoms with Crippen LogP contribution < -0.4 is 31.8 Å². The summed E-state index contributed by atoms with van der Waals surface area (Å²) in [5.41, 5.74) is 0. The van der Waals surface area contributed by atoms with E-state index in [0.29, 0.717) is 0 Å². The van der Waals surface area contributed by atoms with Crippen molar-refractivity contribution in [1.82, 2.24) is 0 Å². The van der Waals surface area contributed by atoms with Crippen LogP contribution in [0.2, 0.25) is 0 Å². The topological polar surface area (TPSA) is 0 Å². The van der Waals surface area contributed by atoms with Crippen LogP contribution in [0.3, 0.4) is 0 Å². The molecule has 0 spiro atoms.